The molecule has 0 fully saturated rings. The van der Waals surface area contributed by atoms with Crippen LogP contribution in [0.4, 0.5) is 5.69 Å². The molecule has 0 spiro atoms. The molecule has 5 nitrogen and oxygen atoms in total. The molecule has 0 saturated carbocycles. The lowest BCUT2D eigenvalue weighted by Gasteiger charge is -2.28. The van der Waals surface area contributed by atoms with Crippen LogP contribution in [0.25, 0.3) is 0 Å². The number of anilines is 1. The van der Waals surface area contributed by atoms with Crippen molar-refractivity contribution in [2.45, 2.75) is 32.2 Å². The molecular weight excluding hydrogens is 445 g/mol. The molecule has 0 saturated heterocycles. The lowest BCUT2D eigenvalue weighted by molar-refractivity contribution is -0.120. The number of sulfone groups is 1. The van der Waals surface area contributed by atoms with Crippen LogP contribution in [-0.4, -0.2) is 32.7 Å². The number of benzene rings is 2. The first kappa shape index (κ1) is 22.7. The average molecular weight is 468 g/mol. The van der Waals surface area contributed by atoms with E-state index in [0.29, 0.717) is 21.5 Å². The van der Waals surface area contributed by atoms with E-state index in [1.165, 1.54) is 22.6 Å². The number of nitrogens with zero attached hydrogens (tertiary/aromatic N) is 1. The van der Waals surface area contributed by atoms with Crippen LogP contribution in [0.15, 0.2) is 53.9 Å². The summed E-state index contributed by atoms with van der Waals surface area (Å²) in [5, 5.41) is 1.92. The van der Waals surface area contributed by atoms with E-state index >= 15 is 0 Å². The van der Waals surface area contributed by atoms with Crippen molar-refractivity contribution in [3.8, 4) is 5.75 Å². The second kappa shape index (κ2) is 9.86. The number of carbonyl (C=O) groups excluding carboxylic acids is 1. The molecule has 1 aliphatic rings. The van der Waals surface area contributed by atoms with Gasteiger partial charge in [-0.05, 0) is 54.8 Å². The van der Waals surface area contributed by atoms with E-state index < -0.39 is 15.9 Å². The molecule has 1 amide bonds. The fraction of sp³-hybridized carbons (Fsp3) is 0.318. The van der Waals surface area contributed by atoms with Gasteiger partial charge in [0, 0.05) is 16.1 Å². The van der Waals surface area contributed by atoms with Crippen LogP contribution >= 0.6 is 23.2 Å². The Labute approximate surface area is 187 Å². The third kappa shape index (κ3) is 5.78. The lowest BCUT2D eigenvalue weighted by atomic mass is 10.1. The lowest BCUT2D eigenvalue weighted by Crippen LogP contribution is -2.43. The molecule has 1 atom stereocenters. The summed E-state index contributed by atoms with van der Waals surface area (Å²) in [6.45, 7) is 1.85. The van der Waals surface area contributed by atoms with Crippen molar-refractivity contribution in [2.24, 2.45) is 0 Å². The van der Waals surface area contributed by atoms with Crippen LogP contribution in [-0.2, 0) is 21.1 Å². The summed E-state index contributed by atoms with van der Waals surface area (Å²) in [4.78, 5) is 14.5. The maximum absolute atomic E-state index is 13.1. The number of hydrogen-bond donors (Lipinski definition) is 0. The monoisotopic (exact) mass is 467 g/mol. The number of carbonyl (C=O) groups is 1. The van der Waals surface area contributed by atoms with Gasteiger partial charge in [0.1, 0.15) is 5.75 Å². The van der Waals surface area contributed by atoms with Gasteiger partial charge in [-0.15, -0.1) is 0 Å². The molecule has 2 aromatic rings. The maximum atomic E-state index is 13.1. The van der Waals surface area contributed by atoms with E-state index in [1.54, 1.807) is 12.1 Å². The molecule has 0 bridgehead atoms. The highest BCUT2D eigenvalue weighted by atomic mass is 35.5. The van der Waals surface area contributed by atoms with Gasteiger partial charge in [0.2, 0.25) is 0 Å². The van der Waals surface area contributed by atoms with Gasteiger partial charge in [-0.1, -0.05) is 48.7 Å². The zero-order valence-corrected chi connectivity index (χ0v) is 18.9. The van der Waals surface area contributed by atoms with Gasteiger partial charge in [0.05, 0.1) is 16.8 Å². The molecule has 30 heavy (non-hydrogen) atoms. The molecule has 3 rings (SSSR count). The SMILES string of the molecule is CCCCc1ccc(N(C(=O)COc2ccc(Cl)cc2Cl)C2C=CS(=O)(=O)C2)cc1. The fourth-order valence-corrected chi connectivity index (χ4v) is 4.98. The second-order valence-corrected chi connectivity index (χ2v) is 9.90. The first-order valence-corrected chi connectivity index (χ1v) is 12.2. The molecule has 0 aliphatic carbocycles. The van der Waals surface area contributed by atoms with Gasteiger partial charge in [-0.25, -0.2) is 8.42 Å². The Kier molecular flexibility index (Phi) is 7.45. The molecule has 160 valence electrons. The summed E-state index contributed by atoms with van der Waals surface area (Å²) in [5.41, 5.74) is 1.80. The largest absolute Gasteiger partial charge is 0.482 e. The molecule has 0 N–H and O–H groups in total. The maximum Gasteiger partial charge on any atom is 0.265 e. The van der Waals surface area contributed by atoms with E-state index in [1.807, 2.05) is 24.3 Å². The van der Waals surface area contributed by atoms with Crippen molar-refractivity contribution < 1.29 is 17.9 Å². The van der Waals surface area contributed by atoms with Gasteiger partial charge < -0.3 is 9.64 Å². The number of unbranched alkanes of at least 4 members (excludes halogenated alkanes) is 1. The van der Waals surface area contributed by atoms with E-state index in [-0.39, 0.29) is 18.3 Å². The number of aryl methyl sites for hydroxylation is 1. The summed E-state index contributed by atoms with van der Waals surface area (Å²) in [6.07, 6.45) is 4.68. The summed E-state index contributed by atoms with van der Waals surface area (Å²) in [5.74, 6) is -0.189. The minimum Gasteiger partial charge on any atom is -0.482 e. The summed E-state index contributed by atoms with van der Waals surface area (Å²) < 4.78 is 29.5. The first-order chi connectivity index (χ1) is 14.3. The molecular formula is C22H23Cl2NO4S. The van der Waals surface area contributed by atoms with Crippen molar-refractivity contribution in [3.63, 3.8) is 0 Å². The highest BCUT2D eigenvalue weighted by molar-refractivity contribution is 7.94. The van der Waals surface area contributed by atoms with Crippen LogP contribution in [0.5, 0.6) is 5.75 Å². The first-order valence-electron chi connectivity index (χ1n) is 9.69. The van der Waals surface area contributed by atoms with Crippen molar-refractivity contribution in [2.75, 3.05) is 17.3 Å². The zero-order chi connectivity index (χ0) is 21.7. The molecule has 0 aromatic heterocycles. The molecule has 1 heterocycles. The van der Waals surface area contributed by atoms with Gasteiger partial charge in [-0.2, -0.15) is 0 Å². The van der Waals surface area contributed by atoms with Crippen LogP contribution < -0.4 is 9.64 Å². The summed E-state index contributed by atoms with van der Waals surface area (Å²) in [6, 6.07) is 11.8. The normalized spacial score (nSPS) is 17.1. The van der Waals surface area contributed by atoms with Crippen LogP contribution in [0.1, 0.15) is 25.3 Å². The smallest absolute Gasteiger partial charge is 0.265 e. The van der Waals surface area contributed by atoms with Crippen LogP contribution in [0.3, 0.4) is 0 Å². The Morgan fingerprint density at radius 2 is 1.90 bits per heavy atom. The minimum absolute atomic E-state index is 0.155. The van der Waals surface area contributed by atoms with E-state index in [0.717, 1.165) is 24.7 Å². The van der Waals surface area contributed by atoms with E-state index in [2.05, 4.69) is 6.92 Å². The predicted molar refractivity (Wildman–Crippen MR) is 121 cm³/mol. The van der Waals surface area contributed by atoms with Crippen LogP contribution in [0, 0.1) is 0 Å². The quantitative estimate of drug-likeness (QED) is 0.544. The Morgan fingerprint density at radius 1 is 1.17 bits per heavy atom. The highest BCUT2D eigenvalue weighted by Gasteiger charge is 2.31. The van der Waals surface area contributed by atoms with Crippen molar-refractivity contribution >= 4 is 44.6 Å². The highest BCUT2D eigenvalue weighted by Crippen LogP contribution is 2.28. The molecule has 8 heteroatoms. The third-order valence-electron chi connectivity index (χ3n) is 4.79. The average Bonchev–Trinajstić information content (AvgIpc) is 3.06. The second-order valence-electron chi connectivity index (χ2n) is 7.12. The standard InChI is InChI=1S/C22H23Cl2NO4S/c1-2-3-4-16-5-8-18(9-6-16)25(19-11-12-30(27,28)15-19)22(26)14-29-21-10-7-17(23)13-20(21)24/h5-13,19H,2-4,14-15H2,1H3. The van der Waals surface area contributed by atoms with Gasteiger partial charge >= 0.3 is 0 Å². The molecule has 1 aliphatic heterocycles. The number of amides is 1. The molecule has 2 aromatic carbocycles. The predicted octanol–water partition coefficient (Wildman–Crippen LogP) is 5.06. The van der Waals surface area contributed by atoms with Gasteiger partial charge in [-0.3, -0.25) is 4.79 Å². The number of hydrogen-bond acceptors (Lipinski definition) is 4. The van der Waals surface area contributed by atoms with Gasteiger partial charge in [0.25, 0.3) is 5.91 Å². The van der Waals surface area contributed by atoms with Gasteiger partial charge in [0.15, 0.2) is 16.4 Å². The van der Waals surface area contributed by atoms with E-state index in [4.69, 9.17) is 27.9 Å². The molecule has 0 radical (unpaired) electrons. The summed E-state index contributed by atoms with van der Waals surface area (Å²) in [7, 11) is -3.33. The van der Waals surface area contributed by atoms with Crippen LogP contribution in [0.2, 0.25) is 10.0 Å². The fourth-order valence-electron chi connectivity index (χ4n) is 3.25. The summed E-state index contributed by atoms with van der Waals surface area (Å²) >= 11 is 12.0. The number of ether oxygens (including phenoxy) is 1. The van der Waals surface area contributed by atoms with Crippen molar-refractivity contribution in [1.82, 2.24) is 0 Å². The minimum atomic E-state index is -3.33. The van der Waals surface area contributed by atoms with E-state index in [9.17, 15) is 13.2 Å². The molecule has 1 unspecified atom stereocenters. The Bertz CT molecular complexity index is 1040. The van der Waals surface area contributed by atoms with Crippen molar-refractivity contribution in [1.29, 1.82) is 0 Å². The number of halogens is 2. The zero-order valence-electron chi connectivity index (χ0n) is 16.6. The van der Waals surface area contributed by atoms with Crippen molar-refractivity contribution in [3.05, 3.63) is 69.6 Å². The number of rotatable bonds is 8. The third-order valence-corrected chi connectivity index (χ3v) is 6.70. The topological polar surface area (TPSA) is 63.7 Å². The Morgan fingerprint density at radius 3 is 2.50 bits per heavy atom. The Hall–Kier alpha value is -2.02. The Balaban J connectivity index is 1.80.